The van der Waals surface area contributed by atoms with Crippen LogP contribution in [0, 0.1) is 5.21 Å². The first kappa shape index (κ1) is 21.0. The highest BCUT2D eigenvalue weighted by Gasteiger charge is 2.19. The Labute approximate surface area is 173 Å². The molecule has 2 heterocycles. The summed E-state index contributed by atoms with van der Waals surface area (Å²) < 4.78 is 11.5. The van der Waals surface area contributed by atoms with Crippen molar-refractivity contribution in [3.05, 3.63) is 48.1 Å². The summed E-state index contributed by atoms with van der Waals surface area (Å²) in [4.78, 5) is 20.5. The lowest BCUT2D eigenvalue weighted by Gasteiger charge is -2.18. The number of carbonyl (C=O) groups excluding carboxylic acids is 1. The quantitative estimate of drug-likeness (QED) is 0.520. The van der Waals surface area contributed by atoms with Crippen LogP contribution in [0.4, 0.5) is 33.6 Å². The Morgan fingerprint density at radius 1 is 1.13 bits per heavy atom. The Bertz CT molecular complexity index is 1010. The van der Waals surface area contributed by atoms with Crippen LogP contribution >= 0.6 is 0 Å². The van der Waals surface area contributed by atoms with Gasteiger partial charge in [0.25, 0.3) is 0 Å². The smallest absolute Gasteiger partial charge is 0.435 e. The van der Waals surface area contributed by atoms with Gasteiger partial charge in [-0.3, -0.25) is 0 Å². The van der Waals surface area contributed by atoms with Crippen LogP contribution in [0.2, 0.25) is 0 Å². The van der Waals surface area contributed by atoms with Crippen molar-refractivity contribution in [2.24, 2.45) is 0 Å². The maximum Gasteiger partial charge on any atom is 0.435 e. The minimum absolute atomic E-state index is 0.223. The number of aromatic nitrogens is 4. The largest absolute Gasteiger partial charge is 0.630 e. The molecule has 0 spiro atoms. The van der Waals surface area contributed by atoms with Gasteiger partial charge in [-0.05, 0) is 45.0 Å². The van der Waals surface area contributed by atoms with Crippen molar-refractivity contribution in [1.82, 2.24) is 19.7 Å². The Hall–Kier alpha value is -3.70. The average molecular weight is 413 g/mol. The summed E-state index contributed by atoms with van der Waals surface area (Å²) in [7, 11) is 1.58. The SMILES string of the molecule is COc1ccc(Nc2nc(Nc3cnn(C(=O)OC(C)(C)C)c3)ncc2[NH2+][O-])cc1. The van der Waals surface area contributed by atoms with Crippen LogP contribution in [-0.2, 0) is 4.74 Å². The number of nitrogens with one attached hydrogen (secondary N) is 2. The van der Waals surface area contributed by atoms with Crippen molar-refractivity contribution in [2.75, 3.05) is 17.7 Å². The molecule has 0 bridgehead atoms. The predicted molar refractivity (Wildman–Crippen MR) is 110 cm³/mol. The molecule has 4 N–H and O–H groups in total. The maximum absolute atomic E-state index is 12.1. The van der Waals surface area contributed by atoms with E-state index < -0.39 is 11.7 Å². The molecule has 0 fully saturated rings. The van der Waals surface area contributed by atoms with Crippen molar-refractivity contribution < 1.29 is 19.7 Å². The summed E-state index contributed by atoms with van der Waals surface area (Å²) >= 11 is 0. The van der Waals surface area contributed by atoms with Gasteiger partial charge in [-0.1, -0.05) is 0 Å². The van der Waals surface area contributed by atoms with Crippen LogP contribution in [-0.4, -0.2) is 38.6 Å². The Kier molecular flexibility index (Phi) is 6.14. The molecule has 30 heavy (non-hydrogen) atoms. The first-order chi connectivity index (χ1) is 14.3. The lowest BCUT2D eigenvalue weighted by molar-refractivity contribution is -0.496. The minimum Gasteiger partial charge on any atom is -0.630 e. The van der Waals surface area contributed by atoms with Crippen molar-refractivity contribution >= 4 is 34.9 Å². The summed E-state index contributed by atoms with van der Waals surface area (Å²) in [6.45, 7) is 5.31. The number of hydrogen-bond acceptors (Lipinski definition) is 9. The van der Waals surface area contributed by atoms with Crippen LogP contribution in [0.5, 0.6) is 5.75 Å². The number of nitrogens with zero attached hydrogens (tertiary/aromatic N) is 4. The molecule has 0 amide bonds. The van der Waals surface area contributed by atoms with E-state index in [1.165, 1.54) is 18.6 Å². The van der Waals surface area contributed by atoms with E-state index in [-0.39, 0.29) is 5.95 Å². The zero-order chi connectivity index (χ0) is 21.7. The molecule has 11 nitrogen and oxygen atoms in total. The van der Waals surface area contributed by atoms with E-state index in [4.69, 9.17) is 9.47 Å². The van der Waals surface area contributed by atoms with E-state index in [9.17, 15) is 10.0 Å². The summed E-state index contributed by atoms with van der Waals surface area (Å²) in [6.07, 6.45) is 3.70. The molecular weight excluding hydrogens is 390 g/mol. The average Bonchev–Trinajstić information content (AvgIpc) is 3.16. The van der Waals surface area contributed by atoms with Gasteiger partial charge in [0, 0.05) is 5.69 Å². The zero-order valence-corrected chi connectivity index (χ0v) is 17.0. The second kappa shape index (κ2) is 8.76. The van der Waals surface area contributed by atoms with Gasteiger partial charge in [-0.2, -0.15) is 14.8 Å². The van der Waals surface area contributed by atoms with Gasteiger partial charge in [0.05, 0.1) is 31.4 Å². The molecule has 1 aromatic carbocycles. The van der Waals surface area contributed by atoms with Crippen LogP contribution < -0.4 is 20.9 Å². The molecule has 0 saturated heterocycles. The zero-order valence-electron chi connectivity index (χ0n) is 17.0. The maximum atomic E-state index is 12.1. The van der Waals surface area contributed by atoms with Gasteiger partial charge in [-0.25, -0.2) is 9.78 Å². The highest BCUT2D eigenvalue weighted by atomic mass is 16.6. The van der Waals surface area contributed by atoms with E-state index in [2.05, 4.69) is 25.7 Å². The minimum atomic E-state index is -0.633. The van der Waals surface area contributed by atoms with Crippen molar-refractivity contribution in [3.8, 4) is 5.75 Å². The van der Waals surface area contributed by atoms with Crippen LogP contribution in [0.15, 0.2) is 42.9 Å². The Morgan fingerprint density at radius 2 is 1.87 bits per heavy atom. The van der Waals surface area contributed by atoms with Crippen molar-refractivity contribution in [1.29, 1.82) is 0 Å². The van der Waals surface area contributed by atoms with Crippen LogP contribution in [0.25, 0.3) is 0 Å². The van der Waals surface area contributed by atoms with Crippen LogP contribution in [0.3, 0.4) is 0 Å². The third kappa shape index (κ3) is 5.43. The Morgan fingerprint density at radius 3 is 2.50 bits per heavy atom. The number of anilines is 4. The van der Waals surface area contributed by atoms with E-state index in [0.717, 1.165) is 10.4 Å². The molecule has 3 aromatic rings. The number of hydrogen-bond donors (Lipinski definition) is 3. The number of carbonyl (C=O) groups is 1. The summed E-state index contributed by atoms with van der Waals surface area (Å²) in [5.41, 5.74) is 1.53. The predicted octanol–water partition coefficient (Wildman–Crippen LogP) is 2.64. The monoisotopic (exact) mass is 413 g/mol. The molecule has 2 aromatic heterocycles. The molecule has 0 unspecified atom stereocenters. The lowest BCUT2D eigenvalue weighted by Crippen LogP contribution is -2.70. The number of ether oxygens (including phenoxy) is 2. The molecule has 3 rings (SSSR count). The third-order valence-electron chi connectivity index (χ3n) is 3.72. The van der Waals surface area contributed by atoms with Gasteiger partial charge in [0.2, 0.25) is 5.95 Å². The van der Waals surface area contributed by atoms with Crippen molar-refractivity contribution in [2.45, 2.75) is 26.4 Å². The highest BCUT2D eigenvalue weighted by molar-refractivity contribution is 5.72. The fourth-order valence-electron chi connectivity index (χ4n) is 2.37. The van der Waals surface area contributed by atoms with E-state index in [1.54, 1.807) is 52.1 Å². The van der Waals surface area contributed by atoms with E-state index >= 15 is 0 Å². The fourth-order valence-corrected chi connectivity index (χ4v) is 2.37. The summed E-state index contributed by atoms with van der Waals surface area (Å²) in [6, 6.07) is 7.17. The summed E-state index contributed by atoms with van der Waals surface area (Å²) in [5, 5.41) is 21.4. The number of rotatable bonds is 6. The van der Waals surface area contributed by atoms with Gasteiger partial charge in [0.15, 0.2) is 11.5 Å². The third-order valence-corrected chi connectivity index (χ3v) is 3.72. The highest BCUT2D eigenvalue weighted by Crippen LogP contribution is 2.24. The van der Waals surface area contributed by atoms with Gasteiger partial charge >= 0.3 is 6.09 Å². The molecule has 0 aliphatic heterocycles. The molecule has 0 atom stereocenters. The second-order valence-electron chi connectivity index (χ2n) is 7.25. The molecule has 0 radical (unpaired) electrons. The van der Waals surface area contributed by atoms with Crippen LogP contribution in [0.1, 0.15) is 20.8 Å². The molecule has 11 heteroatoms. The topological polar surface area (TPSA) is 143 Å². The van der Waals surface area contributed by atoms with Gasteiger partial charge < -0.3 is 30.8 Å². The molecular formula is C19H23N7O4. The van der Waals surface area contributed by atoms with Gasteiger partial charge in [0.1, 0.15) is 11.4 Å². The molecule has 158 valence electrons. The van der Waals surface area contributed by atoms with Crippen molar-refractivity contribution in [3.63, 3.8) is 0 Å². The number of methoxy groups -OCH3 is 1. The number of nitrogens with two attached hydrogens (primary N) is 1. The fraction of sp³-hybridized carbons (Fsp3) is 0.263. The number of benzene rings is 1. The molecule has 0 aliphatic carbocycles. The first-order valence-corrected chi connectivity index (χ1v) is 9.06. The Balaban J connectivity index is 1.75. The standard InChI is InChI=1S/C19H23N7O4/c1-19(2,3)30-18(27)26-11-13(9-21-26)23-17-20-10-15(25-28)16(24-17)22-12-5-7-14(29-4)8-6-12/h5-11H,25H2,1-4H3,(H2,20,22,23,24). The number of quaternary nitrogens is 1. The van der Waals surface area contributed by atoms with Gasteiger partial charge in [-0.15, -0.1) is 0 Å². The van der Waals surface area contributed by atoms with E-state index in [1.807, 2.05) is 0 Å². The lowest BCUT2D eigenvalue weighted by atomic mass is 10.2. The molecule has 0 aliphatic rings. The first-order valence-electron chi connectivity index (χ1n) is 9.06. The normalized spacial score (nSPS) is 11.1. The second-order valence-corrected chi connectivity index (χ2v) is 7.25. The van der Waals surface area contributed by atoms with E-state index in [0.29, 0.717) is 28.4 Å². The molecule has 0 saturated carbocycles. The summed E-state index contributed by atoms with van der Waals surface area (Å²) in [5.74, 6) is 1.26.